The van der Waals surface area contributed by atoms with Gasteiger partial charge < -0.3 is 20.3 Å². The maximum absolute atomic E-state index is 10.4. The maximum atomic E-state index is 10.4. The molecule has 1 aromatic rings. The fourth-order valence-corrected chi connectivity index (χ4v) is 3.25. The number of benzene rings is 1. The molecular weight excluding hydrogens is 266 g/mol. The number of phenolic OH excluding ortho intramolecular Hbond substituents is 1. The Labute approximate surface area is 118 Å². The van der Waals surface area contributed by atoms with E-state index in [0.717, 1.165) is 25.7 Å². The van der Waals surface area contributed by atoms with Gasteiger partial charge in [-0.15, -0.1) is 0 Å². The molecule has 1 saturated carbocycles. The second kappa shape index (κ2) is 5.47. The molecule has 2 rings (SSSR count). The van der Waals surface area contributed by atoms with E-state index >= 15 is 0 Å². The van der Waals surface area contributed by atoms with Crippen LogP contribution < -0.4 is 15.2 Å². The Bertz CT molecular complexity index is 470. The van der Waals surface area contributed by atoms with E-state index in [-0.39, 0.29) is 16.2 Å². The molecule has 0 aromatic heterocycles. The molecule has 1 aliphatic rings. The van der Waals surface area contributed by atoms with E-state index in [1.165, 1.54) is 0 Å². The van der Waals surface area contributed by atoms with Crippen LogP contribution in [0.1, 0.15) is 31.2 Å². The molecule has 1 fully saturated rings. The van der Waals surface area contributed by atoms with Gasteiger partial charge in [-0.05, 0) is 12.8 Å². The number of aromatic hydroxyl groups is 1. The van der Waals surface area contributed by atoms with Gasteiger partial charge in [0.15, 0.2) is 11.5 Å². The summed E-state index contributed by atoms with van der Waals surface area (Å²) in [5.74, 6) is 1.13. The zero-order chi connectivity index (χ0) is 14.0. The second-order valence-corrected chi connectivity index (χ2v) is 5.42. The summed E-state index contributed by atoms with van der Waals surface area (Å²) in [6.07, 6.45) is 4.04. The predicted molar refractivity (Wildman–Crippen MR) is 75.4 cm³/mol. The normalized spacial score (nSPS) is 17.5. The number of halogens is 1. The Hall–Kier alpha value is -1.13. The second-order valence-electron chi connectivity index (χ2n) is 5.01. The van der Waals surface area contributed by atoms with Crippen molar-refractivity contribution in [2.75, 3.05) is 20.8 Å². The van der Waals surface area contributed by atoms with Crippen molar-refractivity contribution in [3.05, 3.63) is 16.7 Å². The fourth-order valence-electron chi connectivity index (χ4n) is 3.05. The molecule has 3 N–H and O–H groups in total. The van der Waals surface area contributed by atoms with Crippen LogP contribution in [0.4, 0.5) is 0 Å². The number of methoxy groups -OCH3 is 2. The van der Waals surface area contributed by atoms with Gasteiger partial charge in [0.05, 0.1) is 19.2 Å². The molecule has 0 bridgehead atoms. The van der Waals surface area contributed by atoms with Crippen molar-refractivity contribution in [3.8, 4) is 17.2 Å². The number of hydrogen-bond donors (Lipinski definition) is 2. The van der Waals surface area contributed by atoms with Gasteiger partial charge in [-0.2, -0.15) is 0 Å². The van der Waals surface area contributed by atoms with Gasteiger partial charge in [-0.25, -0.2) is 0 Å². The lowest BCUT2D eigenvalue weighted by atomic mass is 9.77. The van der Waals surface area contributed by atoms with E-state index in [0.29, 0.717) is 23.6 Å². The highest BCUT2D eigenvalue weighted by Gasteiger charge is 2.40. The van der Waals surface area contributed by atoms with Crippen LogP contribution in [-0.4, -0.2) is 25.9 Å². The molecule has 106 valence electrons. The lowest BCUT2D eigenvalue weighted by Crippen LogP contribution is -2.32. The Kier molecular flexibility index (Phi) is 4.11. The average Bonchev–Trinajstić information content (AvgIpc) is 2.90. The molecule has 0 spiro atoms. The summed E-state index contributed by atoms with van der Waals surface area (Å²) in [6.45, 7) is 0.459. The third kappa shape index (κ3) is 2.23. The van der Waals surface area contributed by atoms with Gasteiger partial charge in [0, 0.05) is 23.6 Å². The Balaban J connectivity index is 2.69. The minimum absolute atomic E-state index is 0.0617. The molecule has 19 heavy (non-hydrogen) atoms. The van der Waals surface area contributed by atoms with E-state index in [1.54, 1.807) is 20.3 Å². The van der Waals surface area contributed by atoms with Gasteiger partial charge in [0.25, 0.3) is 0 Å². The molecular formula is C14H20ClNO3. The highest BCUT2D eigenvalue weighted by Crippen LogP contribution is 2.53. The highest BCUT2D eigenvalue weighted by atomic mass is 35.5. The van der Waals surface area contributed by atoms with Crippen molar-refractivity contribution in [1.82, 2.24) is 0 Å². The van der Waals surface area contributed by atoms with E-state index < -0.39 is 0 Å². The minimum atomic E-state index is -0.270. The van der Waals surface area contributed by atoms with Crippen LogP contribution in [-0.2, 0) is 5.41 Å². The summed E-state index contributed by atoms with van der Waals surface area (Å²) in [5, 5.41) is 10.6. The highest BCUT2D eigenvalue weighted by molar-refractivity contribution is 6.32. The maximum Gasteiger partial charge on any atom is 0.168 e. The quantitative estimate of drug-likeness (QED) is 0.893. The monoisotopic (exact) mass is 285 g/mol. The number of hydrogen-bond acceptors (Lipinski definition) is 4. The van der Waals surface area contributed by atoms with Crippen LogP contribution in [0, 0.1) is 0 Å². The number of phenols is 1. The summed E-state index contributed by atoms with van der Waals surface area (Å²) in [4.78, 5) is 0. The standard InChI is InChI=1S/C14H20ClNO3/c1-18-10-7-9(15)12(17)11(13(10)19-2)14(8-16)5-3-4-6-14/h7,17H,3-6,8,16H2,1-2H3. The van der Waals surface area contributed by atoms with Gasteiger partial charge in [0.2, 0.25) is 0 Å². The van der Waals surface area contributed by atoms with Crippen molar-refractivity contribution in [2.45, 2.75) is 31.1 Å². The number of rotatable bonds is 4. The fraction of sp³-hybridized carbons (Fsp3) is 0.571. The van der Waals surface area contributed by atoms with E-state index in [4.69, 9.17) is 26.8 Å². The van der Waals surface area contributed by atoms with Gasteiger partial charge in [-0.1, -0.05) is 24.4 Å². The first-order valence-corrected chi connectivity index (χ1v) is 6.81. The third-order valence-corrected chi connectivity index (χ3v) is 4.37. The summed E-state index contributed by atoms with van der Waals surface area (Å²) in [7, 11) is 3.12. The summed E-state index contributed by atoms with van der Waals surface area (Å²) < 4.78 is 10.7. The first-order chi connectivity index (χ1) is 9.09. The molecule has 0 atom stereocenters. The van der Waals surface area contributed by atoms with Gasteiger partial charge >= 0.3 is 0 Å². The lowest BCUT2D eigenvalue weighted by Gasteiger charge is -2.31. The molecule has 0 heterocycles. The van der Waals surface area contributed by atoms with Crippen molar-refractivity contribution in [2.24, 2.45) is 5.73 Å². The van der Waals surface area contributed by atoms with Crippen molar-refractivity contribution < 1.29 is 14.6 Å². The number of ether oxygens (including phenoxy) is 2. The van der Waals surface area contributed by atoms with Crippen molar-refractivity contribution >= 4 is 11.6 Å². The molecule has 5 heteroatoms. The molecule has 0 radical (unpaired) electrons. The summed E-state index contributed by atoms with van der Waals surface area (Å²) >= 11 is 6.10. The van der Waals surface area contributed by atoms with Gasteiger partial charge in [-0.3, -0.25) is 0 Å². The first-order valence-electron chi connectivity index (χ1n) is 6.43. The molecule has 4 nitrogen and oxygen atoms in total. The van der Waals surface area contributed by atoms with Crippen LogP contribution in [0.2, 0.25) is 5.02 Å². The lowest BCUT2D eigenvalue weighted by molar-refractivity contribution is 0.326. The van der Waals surface area contributed by atoms with E-state index in [9.17, 15) is 5.11 Å². The zero-order valence-electron chi connectivity index (χ0n) is 11.3. The van der Waals surface area contributed by atoms with Crippen LogP contribution in [0.5, 0.6) is 17.2 Å². The average molecular weight is 286 g/mol. The molecule has 1 aliphatic carbocycles. The first kappa shape index (κ1) is 14.3. The zero-order valence-corrected chi connectivity index (χ0v) is 12.1. The van der Waals surface area contributed by atoms with Crippen LogP contribution in [0.15, 0.2) is 6.07 Å². The Morgan fingerprint density at radius 1 is 1.32 bits per heavy atom. The largest absolute Gasteiger partial charge is 0.506 e. The van der Waals surface area contributed by atoms with Crippen molar-refractivity contribution in [1.29, 1.82) is 0 Å². The minimum Gasteiger partial charge on any atom is -0.506 e. The molecule has 0 aliphatic heterocycles. The molecule has 1 aromatic carbocycles. The SMILES string of the molecule is COc1cc(Cl)c(O)c(C2(CN)CCCC2)c1OC. The van der Waals surface area contributed by atoms with Crippen LogP contribution in [0.25, 0.3) is 0 Å². The molecule has 0 amide bonds. The molecule has 0 unspecified atom stereocenters. The van der Waals surface area contributed by atoms with Gasteiger partial charge in [0.1, 0.15) is 5.75 Å². The smallest absolute Gasteiger partial charge is 0.168 e. The van der Waals surface area contributed by atoms with Crippen LogP contribution in [0.3, 0.4) is 0 Å². The van der Waals surface area contributed by atoms with Crippen molar-refractivity contribution in [3.63, 3.8) is 0 Å². The summed E-state index contributed by atoms with van der Waals surface area (Å²) in [5.41, 5.74) is 6.41. The summed E-state index contributed by atoms with van der Waals surface area (Å²) in [6, 6.07) is 1.57. The van der Waals surface area contributed by atoms with Crippen LogP contribution >= 0.6 is 11.6 Å². The Morgan fingerprint density at radius 3 is 2.42 bits per heavy atom. The van der Waals surface area contributed by atoms with E-state index in [2.05, 4.69) is 0 Å². The van der Waals surface area contributed by atoms with E-state index in [1.807, 2.05) is 0 Å². The molecule has 0 saturated heterocycles. The predicted octanol–water partition coefficient (Wildman–Crippen LogP) is 2.83. The third-order valence-electron chi connectivity index (χ3n) is 4.08. The Morgan fingerprint density at radius 2 is 1.95 bits per heavy atom. The number of nitrogens with two attached hydrogens (primary N) is 1. The topological polar surface area (TPSA) is 64.7 Å².